The lowest BCUT2D eigenvalue weighted by atomic mass is 9.97. The third kappa shape index (κ3) is 13.4. The Bertz CT molecular complexity index is 2040. The molecule has 0 bridgehead atoms. The number of carbonyl (C=O) groups is 7. The fraction of sp³-hybridized carbons (Fsp3) is 0.533. The van der Waals surface area contributed by atoms with Crippen LogP contribution in [0.5, 0.6) is 5.75 Å². The third-order valence-corrected chi connectivity index (χ3v) is 11.4. The normalized spacial score (nSPS) is 22.4. The second-order valence-electron chi connectivity index (χ2n) is 17.0. The summed E-state index contributed by atoms with van der Waals surface area (Å²) in [5.74, 6) is -5.25. The molecule has 0 aliphatic carbocycles. The summed E-state index contributed by atoms with van der Waals surface area (Å²) in [5, 5.41) is 37.2. The maximum atomic E-state index is 14.6. The van der Waals surface area contributed by atoms with Crippen molar-refractivity contribution in [3.8, 4) is 5.75 Å². The van der Waals surface area contributed by atoms with Crippen molar-refractivity contribution in [2.45, 2.75) is 123 Å². The largest absolute Gasteiger partial charge is 0.508 e. The first kappa shape index (κ1) is 48.5. The van der Waals surface area contributed by atoms with Gasteiger partial charge in [-0.25, -0.2) is 9.59 Å². The van der Waals surface area contributed by atoms with E-state index in [4.69, 9.17) is 0 Å². The molecule has 17 nitrogen and oxygen atoms in total. The van der Waals surface area contributed by atoms with Gasteiger partial charge in [0.25, 0.3) is 0 Å². The Kier molecular flexibility index (Phi) is 17.7. The van der Waals surface area contributed by atoms with Gasteiger partial charge >= 0.3 is 12.0 Å². The lowest BCUT2D eigenvalue weighted by molar-refractivity contribution is -0.143. The molecule has 1 aliphatic heterocycles. The molecule has 1 fully saturated rings. The van der Waals surface area contributed by atoms with Crippen molar-refractivity contribution < 1.29 is 43.8 Å². The topological polar surface area (TPSA) is 251 Å². The van der Waals surface area contributed by atoms with Gasteiger partial charge in [0.1, 0.15) is 42.0 Å². The van der Waals surface area contributed by atoms with Crippen molar-refractivity contribution in [2.24, 2.45) is 17.8 Å². The van der Waals surface area contributed by atoms with Gasteiger partial charge in [0, 0.05) is 43.5 Å². The fourth-order valence-electron chi connectivity index (χ4n) is 7.52. The van der Waals surface area contributed by atoms with Crippen LogP contribution in [-0.2, 0) is 41.6 Å². The van der Waals surface area contributed by atoms with E-state index in [0.29, 0.717) is 35.7 Å². The second kappa shape index (κ2) is 22.6. The van der Waals surface area contributed by atoms with Crippen molar-refractivity contribution in [1.82, 2.24) is 41.8 Å². The summed E-state index contributed by atoms with van der Waals surface area (Å²) in [6.45, 7) is 10.8. The van der Waals surface area contributed by atoms with Crippen LogP contribution in [0.15, 0.2) is 54.7 Å². The lowest BCUT2D eigenvalue weighted by Gasteiger charge is -2.33. The number of carboxylic acid groups (broad SMARTS) is 1. The van der Waals surface area contributed by atoms with Crippen LogP contribution in [0.3, 0.4) is 0 Å². The average molecular weight is 861 g/mol. The molecule has 9 N–H and O–H groups in total. The summed E-state index contributed by atoms with van der Waals surface area (Å²) in [6, 6.07) is 6.06. The molecule has 0 spiro atoms. The van der Waals surface area contributed by atoms with Gasteiger partial charge < -0.3 is 52.0 Å². The number of aliphatic carboxylic acids is 1. The smallest absolute Gasteiger partial charge is 0.326 e. The highest BCUT2D eigenvalue weighted by atomic mass is 16.4. The van der Waals surface area contributed by atoms with E-state index in [9.17, 15) is 43.8 Å². The SMILES string of the molecule is CC[C@@H](C)[C@H](NC(=O)NC1CCCCNC(=O)C(Cc2ccccc2)NC(=O)[C@H](Cc2c[nH]c3ccc(O)cc23)N(C)C(=O)[C@H](CC(C)C)NC(=O)C(C(C)C)NC1=O)C(=O)O. The highest BCUT2D eigenvalue weighted by Gasteiger charge is 2.37. The number of H-pyrrole nitrogens is 1. The number of phenols is 1. The molecule has 1 aliphatic rings. The van der Waals surface area contributed by atoms with E-state index in [1.165, 1.54) is 18.0 Å². The summed E-state index contributed by atoms with van der Waals surface area (Å²) in [6.07, 6.45) is 3.20. The lowest BCUT2D eigenvalue weighted by Crippen LogP contribution is -2.61. The van der Waals surface area contributed by atoms with E-state index in [-0.39, 0.29) is 43.9 Å². The molecular formula is C45H64N8O9. The molecule has 2 aromatic carbocycles. The van der Waals surface area contributed by atoms with Crippen LogP contribution in [0.25, 0.3) is 10.9 Å². The predicted molar refractivity (Wildman–Crippen MR) is 234 cm³/mol. The Balaban J connectivity index is 1.74. The molecule has 3 aromatic rings. The standard InChI is InChI=1S/C45H64N8O9/c1-8-27(6)38(44(60)61)52-45(62)50-33-16-12-13-19-46-39(55)34(21-28-14-10-9-11-15-28)48-41(57)36(22-29-24-47-32-18-17-30(54)23-31(29)32)53(7)43(59)35(20-25(2)3)49-42(58)37(26(4)5)51-40(33)56/h9-11,14-15,17-18,23-27,33-38,47,54H,8,12-13,16,19-22H2,1-7H3,(H,46,55)(H,48,57)(H,49,58)(H,51,56)(H,60,61)(H2,50,52,62)/t27-,33?,34?,35+,36+,37?,38+/m1/s1. The van der Waals surface area contributed by atoms with E-state index >= 15 is 0 Å². The van der Waals surface area contributed by atoms with Gasteiger partial charge in [-0.3, -0.25) is 24.0 Å². The fourth-order valence-corrected chi connectivity index (χ4v) is 7.52. The number of phenolic OH excluding ortho intramolecular Hbond substituents is 1. The number of carbonyl (C=O) groups excluding carboxylic acids is 6. The Labute approximate surface area is 362 Å². The number of fused-ring (bicyclic) bond motifs is 1. The summed E-state index contributed by atoms with van der Waals surface area (Å²) < 4.78 is 0. The first-order chi connectivity index (χ1) is 29.4. The van der Waals surface area contributed by atoms with Crippen LogP contribution >= 0.6 is 0 Å². The van der Waals surface area contributed by atoms with E-state index in [0.717, 1.165) is 5.56 Å². The Morgan fingerprint density at radius 3 is 2.19 bits per heavy atom. The number of nitrogens with one attached hydrogen (secondary N) is 7. The second-order valence-corrected chi connectivity index (χ2v) is 17.0. The molecule has 1 aromatic heterocycles. The molecule has 62 heavy (non-hydrogen) atoms. The van der Waals surface area contributed by atoms with E-state index in [1.807, 2.05) is 44.2 Å². The van der Waals surface area contributed by atoms with E-state index < -0.39 is 89.6 Å². The van der Waals surface area contributed by atoms with E-state index in [1.54, 1.807) is 46.0 Å². The third-order valence-electron chi connectivity index (χ3n) is 11.4. The van der Waals surface area contributed by atoms with Crippen molar-refractivity contribution in [1.29, 1.82) is 0 Å². The number of aromatic nitrogens is 1. The maximum absolute atomic E-state index is 14.6. The van der Waals surface area contributed by atoms with Crippen LogP contribution in [-0.4, -0.2) is 111 Å². The van der Waals surface area contributed by atoms with Gasteiger partial charge in [-0.1, -0.05) is 78.3 Å². The quantitative estimate of drug-likeness (QED) is 0.130. The number of carboxylic acids is 1. The van der Waals surface area contributed by atoms with E-state index in [2.05, 4.69) is 36.9 Å². The Morgan fingerprint density at radius 2 is 1.55 bits per heavy atom. The van der Waals surface area contributed by atoms with Gasteiger partial charge in [-0.05, 0) is 72.8 Å². The van der Waals surface area contributed by atoms with Crippen LogP contribution in [0.1, 0.15) is 84.8 Å². The number of aromatic hydroxyl groups is 1. The summed E-state index contributed by atoms with van der Waals surface area (Å²) in [7, 11) is 1.46. The number of rotatable bonds is 12. The van der Waals surface area contributed by atoms with Crippen molar-refractivity contribution >= 4 is 52.4 Å². The number of aromatic amines is 1. The molecule has 2 heterocycles. The molecule has 1 saturated heterocycles. The number of benzene rings is 2. The number of nitrogens with zero attached hydrogens (tertiary/aromatic N) is 1. The van der Waals surface area contributed by atoms with Crippen LogP contribution in [0.2, 0.25) is 0 Å². The van der Waals surface area contributed by atoms with Gasteiger partial charge in [0.2, 0.25) is 29.5 Å². The average Bonchev–Trinajstić information content (AvgIpc) is 3.62. The molecular weight excluding hydrogens is 797 g/mol. The first-order valence-electron chi connectivity index (χ1n) is 21.5. The molecule has 4 rings (SSSR count). The molecule has 3 unspecified atom stereocenters. The predicted octanol–water partition coefficient (Wildman–Crippen LogP) is 3.11. The van der Waals surface area contributed by atoms with Gasteiger partial charge in [-0.2, -0.15) is 0 Å². The molecule has 0 radical (unpaired) electrons. The zero-order valence-corrected chi connectivity index (χ0v) is 36.7. The molecule has 17 heteroatoms. The van der Waals surface area contributed by atoms with Crippen LogP contribution in [0, 0.1) is 17.8 Å². The van der Waals surface area contributed by atoms with Crippen molar-refractivity contribution in [2.75, 3.05) is 13.6 Å². The monoisotopic (exact) mass is 860 g/mol. The highest BCUT2D eigenvalue weighted by Crippen LogP contribution is 2.25. The Hall–Kier alpha value is -6.13. The summed E-state index contributed by atoms with van der Waals surface area (Å²) in [4.78, 5) is 101. The zero-order chi connectivity index (χ0) is 45.7. The Morgan fingerprint density at radius 1 is 0.855 bits per heavy atom. The van der Waals surface area contributed by atoms with Gasteiger partial charge in [0.05, 0.1) is 0 Å². The molecule has 0 saturated carbocycles. The summed E-state index contributed by atoms with van der Waals surface area (Å²) in [5.41, 5.74) is 2.10. The molecule has 338 valence electrons. The number of hydrogen-bond acceptors (Lipinski definition) is 8. The van der Waals surface area contributed by atoms with Crippen LogP contribution < -0.4 is 31.9 Å². The van der Waals surface area contributed by atoms with Gasteiger partial charge in [0.15, 0.2) is 0 Å². The number of likely N-dealkylation sites (N-methyl/N-ethyl adjacent to an activating group) is 1. The molecule has 7 amide bonds. The molecule has 7 atom stereocenters. The number of urea groups is 1. The highest BCUT2D eigenvalue weighted by molar-refractivity contribution is 5.97. The first-order valence-corrected chi connectivity index (χ1v) is 21.5. The number of hydrogen-bond donors (Lipinski definition) is 9. The minimum Gasteiger partial charge on any atom is -0.508 e. The van der Waals surface area contributed by atoms with Crippen molar-refractivity contribution in [3.05, 3.63) is 65.9 Å². The van der Waals surface area contributed by atoms with Crippen LogP contribution in [0.4, 0.5) is 4.79 Å². The minimum atomic E-state index is -1.23. The van der Waals surface area contributed by atoms with Crippen molar-refractivity contribution in [3.63, 3.8) is 0 Å². The van der Waals surface area contributed by atoms with Gasteiger partial charge in [-0.15, -0.1) is 0 Å². The minimum absolute atomic E-state index is 0.0117. The zero-order valence-electron chi connectivity index (χ0n) is 36.7. The maximum Gasteiger partial charge on any atom is 0.326 e. The number of amides is 7. The summed E-state index contributed by atoms with van der Waals surface area (Å²) >= 11 is 0.